The zero-order valence-corrected chi connectivity index (χ0v) is 16.3. The molecule has 0 aromatic carbocycles. The molecule has 0 N–H and O–H groups in total. The van der Waals surface area contributed by atoms with Crippen LogP contribution >= 0.6 is 11.8 Å². The van der Waals surface area contributed by atoms with Crippen molar-refractivity contribution >= 4 is 17.7 Å². The number of aromatic nitrogens is 3. The zero-order chi connectivity index (χ0) is 18.1. The first kappa shape index (κ1) is 17.6. The van der Waals surface area contributed by atoms with Crippen molar-refractivity contribution in [1.82, 2.24) is 19.7 Å². The summed E-state index contributed by atoms with van der Waals surface area (Å²) in [5.74, 6) is 3.81. The average Bonchev–Trinajstić information content (AvgIpc) is 3.24. The second-order valence-corrected chi connectivity index (χ2v) is 8.42. The molecule has 2 fully saturated rings. The van der Waals surface area contributed by atoms with Crippen molar-refractivity contribution in [2.45, 2.75) is 44.2 Å². The van der Waals surface area contributed by atoms with Crippen LogP contribution in [0.15, 0.2) is 21.9 Å². The Hall–Kier alpha value is -1.76. The van der Waals surface area contributed by atoms with Crippen LogP contribution in [-0.2, 0) is 11.8 Å². The number of likely N-dealkylation sites (tertiary alicyclic amines) is 1. The van der Waals surface area contributed by atoms with Crippen LogP contribution in [0.4, 0.5) is 0 Å². The molecule has 1 saturated heterocycles. The Balaban J connectivity index is 1.36. The smallest absolute Gasteiger partial charge is 0.233 e. The van der Waals surface area contributed by atoms with Crippen LogP contribution in [0.5, 0.6) is 0 Å². The fourth-order valence-corrected chi connectivity index (χ4v) is 5.15. The van der Waals surface area contributed by atoms with Gasteiger partial charge in [0, 0.05) is 20.1 Å². The number of nitrogens with zero attached hydrogens (tertiary/aromatic N) is 4. The second kappa shape index (κ2) is 7.47. The molecule has 6 nitrogen and oxygen atoms in total. The lowest BCUT2D eigenvalue weighted by molar-refractivity contribution is -0.131. The maximum absolute atomic E-state index is 12.7. The molecular formula is C19H26N4O2S. The molecule has 2 aromatic heterocycles. The quantitative estimate of drug-likeness (QED) is 0.766. The van der Waals surface area contributed by atoms with Gasteiger partial charge in [-0.1, -0.05) is 31.0 Å². The fourth-order valence-electron chi connectivity index (χ4n) is 4.34. The number of aryl methyl sites for hydroxylation is 1. The van der Waals surface area contributed by atoms with Gasteiger partial charge in [-0.25, -0.2) is 0 Å². The number of thioether (sulfide) groups is 1. The highest BCUT2D eigenvalue weighted by Crippen LogP contribution is 2.36. The van der Waals surface area contributed by atoms with Gasteiger partial charge < -0.3 is 13.9 Å². The van der Waals surface area contributed by atoms with Gasteiger partial charge in [-0.3, -0.25) is 4.79 Å². The number of rotatable bonds is 4. The Morgan fingerprint density at radius 2 is 2.08 bits per heavy atom. The molecule has 4 rings (SSSR count). The van der Waals surface area contributed by atoms with Crippen LogP contribution in [-0.4, -0.2) is 44.4 Å². The van der Waals surface area contributed by atoms with Gasteiger partial charge in [0.05, 0.1) is 17.6 Å². The van der Waals surface area contributed by atoms with Gasteiger partial charge in [-0.2, -0.15) is 0 Å². The Morgan fingerprint density at radius 3 is 2.85 bits per heavy atom. The molecule has 2 aromatic rings. The van der Waals surface area contributed by atoms with Crippen molar-refractivity contribution < 1.29 is 9.21 Å². The number of piperidine rings is 1. The van der Waals surface area contributed by atoms with E-state index in [1.54, 1.807) is 6.26 Å². The molecule has 0 unspecified atom stereocenters. The molecule has 7 heteroatoms. The van der Waals surface area contributed by atoms with Gasteiger partial charge in [-0.05, 0) is 37.7 Å². The first-order valence-electron chi connectivity index (χ1n) is 9.48. The topological polar surface area (TPSA) is 64.2 Å². The van der Waals surface area contributed by atoms with Gasteiger partial charge in [0.15, 0.2) is 11.0 Å². The lowest BCUT2D eigenvalue weighted by atomic mass is 9.75. The first-order valence-corrected chi connectivity index (χ1v) is 10.5. The van der Waals surface area contributed by atoms with Crippen LogP contribution in [0.3, 0.4) is 0 Å². The molecule has 3 heterocycles. The Labute approximate surface area is 158 Å². The number of amides is 1. The lowest BCUT2D eigenvalue weighted by Crippen LogP contribution is -2.45. The van der Waals surface area contributed by atoms with E-state index < -0.39 is 0 Å². The minimum Gasteiger partial charge on any atom is -0.469 e. The molecule has 26 heavy (non-hydrogen) atoms. The third kappa shape index (κ3) is 3.41. The van der Waals surface area contributed by atoms with E-state index in [9.17, 15) is 4.79 Å². The minimum atomic E-state index is 0.225. The van der Waals surface area contributed by atoms with Crippen molar-refractivity contribution in [3.8, 4) is 11.4 Å². The van der Waals surface area contributed by atoms with Crippen LogP contribution in [0.25, 0.3) is 11.4 Å². The third-order valence-corrected chi connectivity index (χ3v) is 6.91. The molecule has 0 radical (unpaired) electrons. The summed E-state index contributed by atoms with van der Waals surface area (Å²) >= 11 is 1.47. The Kier molecular flexibility index (Phi) is 5.07. The normalized spacial score (nSPS) is 23.1. The standard InChI is InChI=1S/C19H26N4O2S/c1-13-16(8-10-25-13)18-20-21-19(22(18)2)26-12-17(24)23-9-7-14-5-3-4-6-15(14)11-23/h8,10,14-15H,3-7,9,11-12H2,1-2H3/t14-,15+/m0/s1. The van der Waals surface area contributed by atoms with Crippen molar-refractivity contribution in [1.29, 1.82) is 0 Å². The maximum atomic E-state index is 12.7. The molecule has 1 aliphatic carbocycles. The highest BCUT2D eigenvalue weighted by Gasteiger charge is 2.32. The summed E-state index contributed by atoms with van der Waals surface area (Å²) in [4.78, 5) is 14.7. The fraction of sp³-hybridized carbons (Fsp3) is 0.632. The van der Waals surface area contributed by atoms with E-state index >= 15 is 0 Å². The molecule has 0 bridgehead atoms. The SMILES string of the molecule is Cc1occc1-c1nnc(SCC(=O)N2CC[C@@H]3CCCC[C@@H]3C2)n1C. The number of carbonyl (C=O) groups is 1. The van der Waals surface area contributed by atoms with Crippen molar-refractivity contribution in [2.75, 3.05) is 18.8 Å². The van der Waals surface area contributed by atoms with Crippen LogP contribution in [0.1, 0.15) is 37.9 Å². The summed E-state index contributed by atoms with van der Waals surface area (Å²) in [6, 6.07) is 1.90. The average molecular weight is 375 g/mol. The maximum Gasteiger partial charge on any atom is 0.233 e. The summed E-state index contributed by atoms with van der Waals surface area (Å²) in [6.07, 6.45) is 8.18. The Morgan fingerprint density at radius 1 is 1.27 bits per heavy atom. The van der Waals surface area contributed by atoms with Crippen molar-refractivity contribution in [3.63, 3.8) is 0 Å². The van der Waals surface area contributed by atoms with Crippen molar-refractivity contribution in [3.05, 3.63) is 18.1 Å². The third-order valence-electron chi connectivity index (χ3n) is 5.90. The number of carbonyl (C=O) groups excluding carboxylic acids is 1. The van der Waals surface area contributed by atoms with Gasteiger partial charge in [0.25, 0.3) is 0 Å². The summed E-state index contributed by atoms with van der Waals surface area (Å²) in [5, 5.41) is 9.29. The molecule has 140 valence electrons. The van der Waals surface area contributed by atoms with Crippen LogP contribution in [0, 0.1) is 18.8 Å². The van der Waals surface area contributed by atoms with E-state index in [1.807, 2.05) is 24.6 Å². The molecule has 1 amide bonds. The summed E-state index contributed by atoms with van der Waals surface area (Å²) in [7, 11) is 1.93. The molecule has 2 aliphatic rings. The molecule has 0 spiro atoms. The first-order chi connectivity index (χ1) is 12.6. The molecule has 1 aliphatic heterocycles. The van der Waals surface area contributed by atoms with Gasteiger partial charge in [-0.15, -0.1) is 10.2 Å². The number of hydrogen-bond acceptors (Lipinski definition) is 5. The largest absolute Gasteiger partial charge is 0.469 e. The Bertz CT molecular complexity index is 784. The minimum absolute atomic E-state index is 0.225. The molecule has 2 atom stereocenters. The summed E-state index contributed by atoms with van der Waals surface area (Å²) in [5.41, 5.74) is 0.942. The summed E-state index contributed by atoms with van der Waals surface area (Å²) in [6.45, 7) is 3.77. The number of hydrogen-bond donors (Lipinski definition) is 0. The van der Waals surface area contributed by atoms with E-state index in [0.717, 1.165) is 47.2 Å². The van der Waals surface area contributed by atoms with E-state index in [-0.39, 0.29) is 5.91 Å². The second-order valence-electron chi connectivity index (χ2n) is 7.48. The van der Waals surface area contributed by atoms with E-state index in [1.165, 1.54) is 43.9 Å². The van der Waals surface area contributed by atoms with Crippen molar-refractivity contribution in [2.24, 2.45) is 18.9 Å². The number of fused-ring (bicyclic) bond motifs is 1. The van der Waals surface area contributed by atoms with E-state index in [2.05, 4.69) is 15.1 Å². The lowest BCUT2D eigenvalue weighted by Gasteiger charge is -2.41. The van der Waals surface area contributed by atoms with E-state index in [0.29, 0.717) is 5.75 Å². The molecule has 1 saturated carbocycles. The highest BCUT2D eigenvalue weighted by molar-refractivity contribution is 7.99. The summed E-state index contributed by atoms with van der Waals surface area (Å²) < 4.78 is 7.29. The zero-order valence-electron chi connectivity index (χ0n) is 15.5. The van der Waals surface area contributed by atoms with Gasteiger partial charge in [0.2, 0.25) is 5.91 Å². The molecular weight excluding hydrogens is 348 g/mol. The highest BCUT2D eigenvalue weighted by atomic mass is 32.2. The monoisotopic (exact) mass is 374 g/mol. The van der Waals surface area contributed by atoms with Crippen LogP contribution < -0.4 is 0 Å². The van der Waals surface area contributed by atoms with Gasteiger partial charge >= 0.3 is 0 Å². The van der Waals surface area contributed by atoms with Gasteiger partial charge in [0.1, 0.15) is 5.76 Å². The predicted octanol–water partition coefficient (Wildman–Crippen LogP) is 3.51. The van der Waals surface area contributed by atoms with Crippen LogP contribution in [0.2, 0.25) is 0 Å². The predicted molar refractivity (Wildman–Crippen MR) is 101 cm³/mol. The van der Waals surface area contributed by atoms with E-state index in [4.69, 9.17) is 4.42 Å². The number of furan rings is 1.